The molecule has 1 saturated heterocycles. The van der Waals surface area contributed by atoms with E-state index < -0.39 is 12.1 Å². The van der Waals surface area contributed by atoms with Crippen LogP contribution in [0.15, 0.2) is 67.4 Å². The van der Waals surface area contributed by atoms with Gasteiger partial charge in [0, 0.05) is 61.8 Å². The third-order valence-electron chi connectivity index (χ3n) is 7.25. The van der Waals surface area contributed by atoms with Crippen LogP contribution in [0.25, 0.3) is 28.0 Å². The molecule has 1 aliphatic rings. The fourth-order valence-corrected chi connectivity index (χ4v) is 5.34. The number of fused-ring (bicyclic) bond motifs is 1. The van der Waals surface area contributed by atoms with Crippen molar-refractivity contribution in [3.63, 3.8) is 0 Å². The summed E-state index contributed by atoms with van der Waals surface area (Å²) in [4.78, 5) is 38.0. The number of carboxylic acid groups (broad SMARTS) is 1. The molecule has 2 amide bonds. The largest absolute Gasteiger partial charge is 0.465 e. The minimum Gasteiger partial charge on any atom is -0.465 e. The zero-order valence-corrected chi connectivity index (χ0v) is 23.7. The van der Waals surface area contributed by atoms with Crippen molar-refractivity contribution in [2.45, 2.75) is 6.04 Å². The molecular weight excluding hydrogens is 572 g/mol. The minimum absolute atomic E-state index is 0.342. The normalized spacial score (nSPS) is 14.0. The van der Waals surface area contributed by atoms with Crippen LogP contribution in [0.3, 0.4) is 0 Å². The fraction of sp³-hybridized carbons (Fsp3) is 0.207. The molecular formula is C29H25ClN10O3. The van der Waals surface area contributed by atoms with E-state index >= 15 is 0 Å². The van der Waals surface area contributed by atoms with Crippen LogP contribution >= 0.6 is 11.6 Å². The lowest BCUT2D eigenvalue weighted by atomic mass is 10.1. The van der Waals surface area contributed by atoms with Crippen molar-refractivity contribution in [3.05, 3.63) is 83.5 Å². The standard InChI is InChI=1S/C29H25ClN10O3/c1-37-16-21(15-33-37)23-17-40-27(20(12-31)14-34-40)25(35-23)19-5-6-24(32-13-19)38-7-9-39(10-8-38)28(41)26(36-29(42)43)18-3-2-4-22(30)11-18/h2-6,11,13-17,26,36H,7-10H2,1H3,(H,42,43). The van der Waals surface area contributed by atoms with Gasteiger partial charge in [0.2, 0.25) is 5.91 Å². The number of carbonyl (C=O) groups excluding carboxylic acids is 1. The zero-order valence-electron chi connectivity index (χ0n) is 22.9. The number of nitrogens with one attached hydrogen (secondary N) is 1. The third kappa shape index (κ3) is 5.55. The highest BCUT2D eigenvalue weighted by Crippen LogP contribution is 2.29. The Morgan fingerprint density at radius 2 is 1.86 bits per heavy atom. The molecule has 0 radical (unpaired) electrons. The van der Waals surface area contributed by atoms with Crippen molar-refractivity contribution in [2.24, 2.45) is 7.05 Å². The average molecular weight is 597 g/mol. The number of amides is 2. The molecule has 5 heterocycles. The van der Waals surface area contributed by atoms with Gasteiger partial charge in [-0.05, 0) is 29.8 Å². The predicted octanol–water partition coefficient (Wildman–Crippen LogP) is 3.37. The van der Waals surface area contributed by atoms with Gasteiger partial charge < -0.3 is 20.2 Å². The molecule has 0 bridgehead atoms. The maximum absolute atomic E-state index is 13.3. The van der Waals surface area contributed by atoms with E-state index in [9.17, 15) is 20.0 Å². The lowest BCUT2D eigenvalue weighted by Crippen LogP contribution is -2.52. The van der Waals surface area contributed by atoms with Gasteiger partial charge in [0.05, 0.1) is 30.0 Å². The monoisotopic (exact) mass is 596 g/mol. The van der Waals surface area contributed by atoms with Gasteiger partial charge in [0.1, 0.15) is 29.0 Å². The molecule has 5 aromatic rings. The molecule has 6 rings (SSSR count). The zero-order chi connectivity index (χ0) is 30.1. The van der Waals surface area contributed by atoms with Gasteiger partial charge in [0.25, 0.3) is 0 Å². The summed E-state index contributed by atoms with van der Waals surface area (Å²) in [5.41, 5.74) is 4.22. The molecule has 0 aliphatic carbocycles. The van der Waals surface area contributed by atoms with Crippen LogP contribution in [0.2, 0.25) is 5.02 Å². The van der Waals surface area contributed by atoms with E-state index in [1.807, 2.05) is 25.4 Å². The molecule has 0 saturated carbocycles. The number of anilines is 1. The highest BCUT2D eigenvalue weighted by atomic mass is 35.5. The molecule has 1 atom stereocenters. The van der Waals surface area contributed by atoms with Gasteiger partial charge in [-0.2, -0.15) is 15.5 Å². The number of pyridine rings is 1. The fourth-order valence-electron chi connectivity index (χ4n) is 5.14. The first kappa shape index (κ1) is 27.7. The molecule has 1 unspecified atom stereocenters. The number of carbonyl (C=O) groups is 2. The third-order valence-corrected chi connectivity index (χ3v) is 7.49. The number of piperazine rings is 1. The molecule has 14 heteroatoms. The van der Waals surface area contributed by atoms with Crippen molar-refractivity contribution < 1.29 is 14.7 Å². The van der Waals surface area contributed by atoms with E-state index in [1.54, 1.807) is 57.0 Å². The lowest BCUT2D eigenvalue weighted by molar-refractivity contribution is -0.133. The first-order valence-electron chi connectivity index (χ1n) is 13.3. The molecule has 4 aromatic heterocycles. The van der Waals surface area contributed by atoms with Crippen LogP contribution < -0.4 is 10.2 Å². The predicted molar refractivity (Wildman–Crippen MR) is 157 cm³/mol. The Bertz CT molecular complexity index is 1870. The van der Waals surface area contributed by atoms with Crippen molar-refractivity contribution in [1.29, 1.82) is 5.26 Å². The molecule has 0 spiro atoms. The minimum atomic E-state index is -1.29. The second-order valence-corrected chi connectivity index (χ2v) is 10.4. The van der Waals surface area contributed by atoms with Gasteiger partial charge in [-0.25, -0.2) is 19.3 Å². The number of halogens is 1. The van der Waals surface area contributed by atoms with E-state index in [-0.39, 0.29) is 5.91 Å². The quantitative estimate of drug-likeness (QED) is 0.300. The van der Waals surface area contributed by atoms with Gasteiger partial charge in [-0.1, -0.05) is 23.7 Å². The van der Waals surface area contributed by atoms with E-state index in [0.717, 1.165) is 16.9 Å². The van der Waals surface area contributed by atoms with Crippen LogP contribution in [-0.2, 0) is 11.8 Å². The van der Waals surface area contributed by atoms with Gasteiger partial charge >= 0.3 is 6.09 Å². The smallest absolute Gasteiger partial charge is 0.405 e. The Balaban J connectivity index is 1.21. The number of aryl methyl sites for hydroxylation is 1. The van der Waals surface area contributed by atoms with E-state index in [1.165, 1.54) is 6.20 Å². The number of nitriles is 1. The number of rotatable bonds is 6. The van der Waals surface area contributed by atoms with Crippen LogP contribution in [0.4, 0.5) is 10.6 Å². The lowest BCUT2D eigenvalue weighted by Gasteiger charge is -2.37. The van der Waals surface area contributed by atoms with Gasteiger partial charge in [-0.3, -0.25) is 9.48 Å². The second kappa shape index (κ2) is 11.4. The Kier molecular flexibility index (Phi) is 7.35. The maximum atomic E-state index is 13.3. The average Bonchev–Trinajstić information content (AvgIpc) is 3.65. The Labute approximate surface area is 250 Å². The summed E-state index contributed by atoms with van der Waals surface area (Å²) in [5, 5.41) is 30.4. The Hall–Kier alpha value is -5.48. The summed E-state index contributed by atoms with van der Waals surface area (Å²) in [6.45, 7) is 1.79. The second-order valence-electron chi connectivity index (χ2n) is 10.00. The summed E-state index contributed by atoms with van der Waals surface area (Å²) in [6.07, 6.45) is 7.27. The number of hydrogen-bond acceptors (Lipinski definition) is 8. The summed E-state index contributed by atoms with van der Waals surface area (Å²) < 4.78 is 3.33. The van der Waals surface area contributed by atoms with E-state index in [2.05, 4.69) is 31.5 Å². The first-order valence-corrected chi connectivity index (χ1v) is 13.7. The van der Waals surface area contributed by atoms with Crippen molar-refractivity contribution in [1.82, 2.24) is 39.6 Å². The Morgan fingerprint density at radius 3 is 2.51 bits per heavy atom. The SMILES string of the molecule is Cn1cc(-c2cn3ncc(C#N)c3c(-c3ccc(N4CCN(C(=O)C(NC(=O)O)c5cccc(Cl)c5)CC4)nc3)n2)cn1. The molecule has 1 aromatic carbocycles. The number of hydrogen-bond donors (Lipinski definition) is 2. The number of benzene rings is 1. The molecule has 2 N–H and O–H groups in total. The van der Waals surface area contributed by atoms with Gasteiger partial charge in [-0.15, -0.1) is 0 Å². The van der Waals surface area contributed by atoms with E-state index in [0.29, 0.717) is 59.2 Å². The molecule has 1 aliphatic heterocycles. The van der Waals surface area contributed by atoms with Crippen LogP contribution in [0.5, 0.6) is 0 Å². The number of aromatic nitrogens is 6. The number of nitrogens with zero attached hydrogens (tertiary/aromatic N) is 9. The molecule has 13 nitrogen and oxygen atoms in total. The summed E-state index contributed by atoms with van der Waals surface area (Å²) in [7, 11) is 1.83. The van der Waals surface area contributed by atoms with Crippen LogP contribution in [0.1, 0.15) is 17.2 Å². The maximum Gasteiger partial charge on any atom is 0.405 e. The van der Waals surface area contributed by atoms with Crippen molar-refractivity contribution >= 4 is 34.9 Å². The topological polar surface area (TPSA) is 158 Å². The molecule has 43 heavy (non-hydrogen) atoms. The Morgan fingerprint density at radius 1 is 1.05 bits per heavy atom. The summed E-state index contributed by atoms with van der Waals surface area (Å²) in [6, 6.07) is 11.5. The molecule has 216 valence electrons. The van der Waals surface area contributed by atoms with E-state index in [4.69, 9.17) is 16.6 Å². The van der Waals surface area contributed by atoms with Crippen LogP contribution in [-0.4, -0.2) is 77.5 Å². The first-order chi connectivity index (χ1) is 20.8. The summed E-state index contributed by atoms with van der Waals surface area (Å²) >= 11 is 6.09. The highest BCUT2D eigenvalue weighted by Gasteiger charge is 2.30. The summed E-state index contributed by atoms with van der Waals surface area (Å²) in [5.74, 6) is 0.379. The molecule has 1 fully saturated rings. The van der Waals surface area contributed by atoms with Crippen molar-refractivity contribution in [2.75, 3.05) is 31.1 Å². The van der Waals surface area contributed by atoms with Gasteiger partial charge in [0.15, 0.2) is 0 Å². The van der Waals surface area contributed by atoms with Crippen molar-refractivity contribution in [3.8, 4) is 28.6 Å². The highest BCUT2D eigenvalue weighted by molar-refractivity contribution is 6.30. The van der Waals surface area contributed by atoms with Crippen LogP contribution in [0, 0.1) is 11.3 Å².